The van der Waals surface area contributed by atoms with Gasteiger partial charge in [0.1, 0.15) is 17.9 Å². The van der Waals surface area contributed by atoms with E-state index in [9.17, 15) is 0 Å². The predicted molar refractivity (Wildman–Crippen MR) is 47.4 cm³/mol. The van der Waals surface area contributed by atoms with Gasteiger partial charge in [0.25, 0.3) is 0 Å². The summed E-state index contributed by atoms with van der Waals surface area (Å²) in [5, 5.41) is 8.89. The molecule has 0 saturated carbocycles. The highest BCUT2D eigenvalue weighted by Crippen LogP contribution is 1.96. The third kappa shape index (κ3) is 3.04. The van der Waals surface area contributed by atoms with E-state index in [1.54, 1.807) is 0 Å². The summed E-state index contributed by atoms with van der Waals surface area (Å²) in [6, 6.07) is 0. The Balaban J connectivity index is 4.66. The Morgan fingerprint density at radius 2 is 2.00 bits per heavy atom. The molecular weight excluding hydrogens is 158 g/mol. The molecule has 0 spiro atoms. The molecule has 0 bridgehead atoms. The van der Waals surface area contributed by atoms with Crippen molar-refractivity contribution in [1.82, 2.24) is 0 Å². The van der Waals surface area contributed by atoms with Crippen LogP contribution in [0.1, 0.15) is 0 Å². The molecule has 6 heteroatoms. The molecule has 0 aliphatic heterocycles. The molecule has 0 aliphatic carbocycles. The van der Waals surface area contributed by atoms with Crippen molar-refractivity contribution in [1.29, 1.82) is 0 Å². The first-order chi connectivity index (χ1) is 5.49. The van der Waals surface area contributed by atoms with Crippen LogP contribution in [0.4, 0.5) is 0 Å². The molecule has 0 saturated heterocycles. The number of aliphatic imine (C=N–C) groups is 1. The molecule has 0 radical (unpaired) electrons. The number of hydrogen-bond donors (Lipinski definition) is 5. The zero-order valence-electron chi connectivity index (χ0n) is 6.57. The molecule has 0 fully saturated rings. The standard InChI is InChI=1S/C6H13N5O/c1-3(8)11-5(9)4(2-7)6(10)12/h2,6,12H,1,7-8,10H2,(H2,9,11)/b4-2+. The summed E-state index contributed by atoms with van der Waals surface area (Å²) < 4.78 is 0. The molecule has 0 aliphatic rings. The zero-order valence-corrected chi connectivity index (χ0v) is 6.57. The van der Waals surface area contributed by atoms with E-state index in [4.69, 9.17) is 28.0 Å². The van der Waals surface area contributed by atoms with Crippen molar-refractivity contribution in [2.24, 2.45) is 27.9 Å². The van der Waals surface area contributed by atoms with E-state index in [0.29, 0.717) is 0 Å². The van der Waals surface area contributed by atoms with Gasteiger partial charge in [0.05, 0.1) is 5.57 Å². The van der Waals surface area contributed by atoms with Gasteiger partial charge in [-0.05, 0) is 0 Å². The topological polar surface area (TPSA) is 137 Å². The molecule has 0 rings (SSSR count). The second-order valence-electron chi connectivity index (χ2n) is 2.06. The van der Waals surface area contributed by atoms with Gasteiger partial charge in [-0.25, -0.2) is 4.99 Å². The fourth-order valence-electron chi connectivity index (χ4n) is 0.555. The fraction of sp³-hybridized carbons (Fsp3) is 0.167. The molecule has 0 aromatic carbocycles. The first kappa shape index (κ1) is 10.5. The van der Waals surface area contributed by atoms with Crippen molar-refractivity contribution in [3.8, 4) is 0 Å². The molecule has 0 aromatic heterocycles. The number of aliphatic hydroxyl groups excluding tert-OH is 1. The fourth-order valence-corrected chi connectivity index (χ4v) is 0.555. The third-order valence-electron chi connectivity index (χ3n) is 1.06. The van der Waals surface area contributed by atoms with E-state index in [1.807, 2.05) is 0 Å². The third-order valence-corrected chi connectivity index (χ3v) is 1.06. The Labute approximate surface area is 70.2 Å². The minimum atomic E-state index is -1.27. The van der Waals surface area contributed by atoms with Gasteiger partial charge < -0.3 is 28.0 Å². The summed E-state index contributed by atoms with van der Waals surface area (Å²) in [5.41, 5.74) is 20.8. The normalized spacial score (nSPS) is 15.8. The highest BCUT2D eigenvalue weighted by Gasteiger charge is 2.08. The lowest BCUT2D eigenvalue weighted by molar-refractivity contribution is 0.225. The summed E-state index contributed by atoms with van der Waals surface area (Å²) in [4.78, 5) is 3.56. The quantitative estimate of drug-likeness (QED) is 0.188. The Bertz CT molecular complexity index is 230. The van der Waals surface area contributed by atoms with Crippen molar-refractivity contribution < 1.29 is 5.11 Å². The monoisotopic (exact) mass is 171 g/mol. The van der Waals surface area contributed by atoms with Crippen molar-refractivity contribution in [2.75, 3.05) is 0 Å². The summed E-state index contributed by atoms with van der Waals surface area (Å²) >= 11 is 0. The molecule has 1 unspecified atom stereocenters. The van der Waals surface area contributed by atoms with E-state index >= 15 is 0 Å². The Morgan fingerprint density at radius 1 is 1.50 bits per heavy atom. The minimum absolute atomic E-state index is 0.0208. The van der Waals surface area contributed by atoms with Crippen LogP contribution in [0.25, 0.3) is 0 Å². The maximum absolute atomic E-state index is 8.89. The van der Waals surface area contributed by atoms with Crippen LogP contribution in [-0.4, -0.2) is 17.2 Å². The smallest absolute Gasteiger partial charge is 0.134 e. The Morgan fingerprint density at radius 3 is 2.25 bits per heavy atom. The first-order valence-corrected chi connectivity index (χ1v) is 3.13. The van der Waals surface area contributed by atoms with E-state index in [2.05, 4.69) is 11.6 Å². The molecular formula is C6H13N5O. The predicted octanol–water partition coefficient (Wildman–Crippen LogP) is -2.11. The lowest BCUT2D eigenvalue weighted by Gasteiger charge is -2.08. The van der Waals surface area contributed by atoms with Crippen molar-refractivity contribution in [3.63, 3.8) is 0 Å². The van der Waals surface area contributed by atoms with E-state index < -0.39 is 6.23 Å². The second kappa shape index (κ2) is 4.37. The van der Waals surface area contributed by atoms with Gasteiger partial charge in [-0.1, -0.05) is 6.58 Å². The summed E-state index contributed by atoms with van der Waals surface area (Å²) in [5.74, 6) is -0.0208. The van der Waals surface area contributed by atoms with E-state index in [0.717, 1.165) is 6.20 Å². The summed E-state index contributed by atoms with van der Waals surface area (Å²) in [6.45, 7) is 3.29. The van der Waals surface area contributed by atoms with Crippen LogP contribution in [0.5, 0.6) is 0 Å². The largest absolute Gasteiger partial charge is 0.404 e. The zero-order chi connectivity index (χ0) is 9.72. The average molecular weight is 171 g/mol. The molecule has 0 aromatic rings. The maximum Gasteiger partial charge on any atom is 0.134 e. The van der Waals surface area contributed by atoms with Crippen LogP contribution in [0, 0.1) is 0 Å². The van der Waals surface area contributed by atoms with Gasteiger partial charge in [-0.3, -0.25) is 0 Å². The number of aliphatic hydroxyl groups is 1. The van der Waals surface area contributed by atoms with Crippen LogP contribution in [0.3, 0.4) is 0 Å². The van der Waals surface area contributed by atoms with Gasteiger partial charge >= 0.3 is 0 Å². The van der Waals surface area contributed by atoms with E-state index in [-0.39, 0.29) is 17.2 Å². The van der Waals surface area contributed by atoms with Crippen LogP contribution >= 0.6 is 0 Å². The average Bonchev–Trinajstić information content (AvgIpc) is 1.85. The molecule has 0 heterocycles. The van der Waals surface area contributed by atoms with Crippen LogP contribution in [-0.2, 0) is 0 Å². The highest BCUT2D eigenvalue weighted by molar-refractivity contribution is 5.98. The number of nitrogens with two attached hydrogens (primary N) is 4. The van der Waals surface area contributed by atoms with Gasteiger partial charge in [0.15, 0.2) is 0 Å². The van der Waals surface area contributed by atoms with Gasteiger partial charge in [0, 0.05) is 6.20 Å². The number of nitrogens with zero attached hydrogens (tertiary/aromatic N) is 1. The van der Waals surface area contributed by atoms with Gasteiger partial charge in [-0.2, -0.15) is 0 Å². The number of rotatable bonds is 3. The summed E-state index contributed by atoms with van der Waals surface area (Å²) in [7, 11) is 0. The van der Waals surface area contributed by atoms with Crippen LogP contribution in [0.2, 0.25) is 0 Å². The van der Waals surface area contributed by atoms with E-state index in [1.165, 1.54) is 0 Å². The van der Waals surface area contributed by atoms with Crippen molar-refractivity contribution in [3.05, 3.63) is 24.2 Å². The molecule has 0 amide bonds. The lowest BCUT2D eigenvalue weighted by Crippen LogP contribution is -2.32. The second-order valence-corrected chi connectivity index (χ2v) is 2.06. The Kier molecular flexibility index (Phi) is 3.81. The molecule has 68 valence electrons. The molecule has 9 N–H and O–H groups in total. The first-order valence-electron chi connectivity index (χ1n) is 3.13. The summed E-state index contributed by atoms with van der Waals surface area (Å²) in [6.07, 6.45) is -0.204. The molecule has 1 atom stereocenters. The minimum Gasteiger partial charge on any atom is -0.404 e. The Hall–Kier alpha value is -1.53. The highest BCUT2D eigenvalue weighted by atomic mass is 16.3. The van der Waals surface area contributed by atoms with Crippen LogP contribution in [0.15, 0.2) is 29.2 Å². The van der Waals surface area contributed by atoms with Gasteiger partial charge in [0.2, 0.25) is 0 Å². The SMILES string of the molecule is C=C(N)N=C(N)/C(=C\N)C(N)O. The molecule has 6 nitrogen and oxygen atoms in total. The van der Waals surface area contributed by atoms with Crippen molar-refractivity contribution in [2.45, 2.75) is 6.23 Å². The van der Waals surface area contributed by atoms with Crippen molar-refractivity contribution >= 4 is 5.84 Å². The number of hydrogen-bond acceptors (Lipinski definition) is 5. The maximum atomic E-state index is 8.89. The van der Waals surface area contributed by atoms with Crippen LogP contribution < -0.4 is 22.9 Å². The molecule has 12 heavy (non-hydrogen) atoms. The number of amidine groups is 1. The van der Waals surface area contributed by atoms with Gasteiger partial charge in [-0.15, -0.1) is 0 Å². The lowest BCUT2D eigenvalue weighted by atomic mass is 10.2.